The summed E-state index contributed by atoms with van der Waals surface area (Å²) < 4.78 is 39.0. The Morgan fingerprint density at radius 1 is 1.11 bits per heavy atom. The lowest BCUT2D eigenvalue weighted by Gasteiger charge is -2.16. The van der Waals surface area contributed by atoms with E-state index in [-0.39, 0.29) is 17.4 Å². The predicted octanol–water partition coefficient (Wildman–Crippen LogP) is 4.86. The summed E-state index contributed by atoms with van der Waals surface area (Å²) in [6, 6.07) is 2.39. The molecule has 106 valence electrons. The summed E-state index contributed by atoms with van der Waals surface area (Å²) in [5.41, 5.74) is -1.40. The summed E-state index contributed by atoms with van der Waals surface area (Å²) in [6.45, 7) is 6.80. The molecule has 0 aliphatic carbocycles. The summed E-state index contributed by atoms with van der Waals surface area (Å²) in [6.07, 6.45) is -4.73. The van der Waals surface area contributed by atoms with Crippen molar-refractivity contribution in [3.8, 4) is 0 Å². The highest BCUT2D eigenvalue weighted by atomic mass is 19.4. The molecule has 0 heterocycles. The highest BCUT2D eigenvalue weighted by Crippen LogP contribution is 2.42. The lowest BCUT2D eigenvalue weighted by atomic mass is 9.91. The van der Waals surface area contributed by atoms with Gasteiger partial charge < -0.3 is 0 Å². The van der Waals surface area contributed by atoms with Crippen LogP contribution in [0.3, 0.4) is 0 Å². The van der Waals surface area contributed by atoms with Gasteiger partial charge in [-0.3, -0.25) is 10.1 Å². The number of rotatable bonds is 3. The van der Waals surface area contributed by atoms with E-state index in [0.29, 0.717) is 5.56 Å². The number of nitro groups is 1. The minimum atomic E-state index is -4.73. The van der Waals surface area contributed by atoms with Gasteiger partial charge in [-0.1, -0.05) is 27.7 Å². The van der Waals surface area contributed by atoms with Gasteiger partial charge >= 0.3 is 6.18 Å². The number of alkyl halides is 3. The van der Waals surface area contributed by atoms with Crippen molar-refractivity contribution < 1.29 is 18.1 Å². The molecule has 0 amide bonds. The van der Waals surface area contributed by atoms with Crippen molar-refractivity contribution in [2.75, 3.05) is 0 Å². The first kappa shape index (κ1) is 15.5. The largest absolute Gasteiger partial charge is 0.423 e. The molecule has 1 aromatic carbocycles. The van der Waals surface area contributed by atoms with Gasteiger partial charge in [-0.15, -0.1) is 0 Å². The van der Waals surface area contributed by atoms with E-state index in [9.17, 15) is 23.3 Å². The fourth-order valence-corrected chi connectivity index (χ4v) is 1.87. The smallest absolute Gasteiger partial charge is 0.258 e. The van der Waals surface area contributed by atoms with Crippen LogP contribution in [0, 0.1) is 10.1 Å². The van der Waals surface area contributed by atoms with Crippen molar-refractivity contribution in [2.24, 2.45) is 0 Å². The van der Waals surface area contributed by atoms with Gasteiger partial charge in [0.15, 0.2) is 0 Å². The number of hydrogen-bond donors (Lipinski definition) is 0. The van der Waals surface area contributed by atoms with Crippen LogP contribution >= 0.6 is 0 Å². The Bertz CT molecular complexity index is 493. The van der Waals surface area contributed by atoms with Crippen molar-refractivity contribution in [3.05, 3.63) is 38.9 Å². The maximum absolute atomic E-state index is 13.0. The molecule has 0 bridgehead atoms. The minimum Gasteiger partial charge on any atom is -0.258 e. The first-order chi connectivity index (χ1) is 8.55. The first-order valence-electron chi connectivity index (χ1n) is 5.95. The van der Waals surface area contributed by atoms with Crippen LogP contribution in [0.15, 0.2) is 12.1 Å². The van der Waals surface area contributed by atoms with E-state index < -0.39 is 22.4 Å². The highest BCUT2D eigenvalue weighted by Gasteiger charge is 2.40. The number of hydrogen-bond acceptors (Lipinski definition) is 2. The molecule has 1 aromatic rings. The zero-order valence-corrected chi connectivity index (χ0v) is 11.2. The van der Waals surface area contributed by atoms with E-state index in [1.165, 1.54) is 6.07 Å². The Morgan fingerprint density at radius 3 is 1.95 bits per heavy atom. The van der Waals surface area contributed by atoms with Crippen molar-refractivity contribution in [1.29, 1.82) is 0 Å². The van der Waals surface area contributed by atoms with Crippen LogP contribution < -0.4 is 0 Å². The normalized spacial score (nSPS) is 12.3. The Labute approximate surface area is 109 Å². The van der Waals surface area contributed by atoms with Crippen molar-refractivity contribution >= 4 is 5.69 Å². The van der Waals surface area contributed by atoms with Crippen LogP contribution in [0.4, 0.5) is 18.9 Å². The summed E-state index contributed by atoms with van der Waals surface area (Å²) in [5.74, 6) is -0.473. The Kier molecular flexibility index (Phi) is 4.22. The second-order valence-electron chi connectivity index (χ2n) is 5.07. The second-order valence-corrected chi connectivity index (χ2v) is 5.07. The Hall–Kier alpha value is -1.59. The summed E-state index contributed by atoms with van der Waals surface area (Å²) in [5, 5.41) is 11.0. The lowest BCUT2D eigenvalue weighted by molar-refractivity contribution is -0.388. The fourth-order valence-electron chi connectivity index (χ4n) is 1.87. The molecule has 0 saturated carbocycles. The fraction of sp³-hybridized carbons (Fsp3) is 0.538. The topological polar surface area (TPSA) is 43.1 Å². The molecule has 0 saturated heterocycles. The monoisotopic (exact) mass is 275 g/mol. The van der Waals surface area contributed by atoms with Crippen LogP contribution in [0.5, 0.6) is 0 Å². The van der Waals surface area contributed by atoms with E-state index in [4.69, 9.17) is 0 Å². The van der Waals surface area contributed by atoms with Crippen LogP contribution in [0.2, 0.25) is 0 Å². The van der Waals surface area contributed by atoms with Gasteiger partial charge in [0.25, 0.3) is 5.69 Å². The molecular formula is C13H16F3NO2. The molecule has 3 nitrogen and oxygen atoms in total. The number of halogens is 3. The maximum atomic E-state index is 13.0. The second kappa shape index (κ2) is 5.19. The van der Waals surface area contributed by atoms with E-state index in [1.54, 1.807) is 27.7 Å². The molecule has 19 heavy (non-hydrogen) atoms. The van der Waals surface area contributed by atoms with Crippen LogP contribution in [0.25, 0.3) is 0 Å². The van der Waals surface area contributed by atoms with Crippen LogP contribution in [-0.2, 0) is 6.18 Å². The molecule has 1 rings (SSSR count). The summed E-state index contributed by atoms with van der Waals surface area (Å²) >= 11 is 0. The van der Waals surface area contributed by atoms with Crippen LogP contribution in [0.1, 0.15) is 56.2 Å². The molecule has 6 heteroatoms. The lowest BCUT2D eigenvalue weighted by Crippen LogP contribution is -2.13. The quantitative estimate of drug-likeness (QED) is 0.584. The van der Waals surface area contributed by atoms with Gasteiger partial charge in [-0.25, -0.2) is 0 Å². The zero-order chi connectivity index (χ0) is 15.0. The molecule has 0 aliphatic heterocycles. The van der Waals surface area contributed by atoms with E-state index >= 15 is 0 Å². The summed E-state index contributed by atoms with van der Waals surface area (Å²) in [4.78, 5) is 10.0. The number of benzene rings is 1. The summed E-state index contributed by atoms with van der Waals surface area (Å²) in [7, 11) is 0. The van der Waals surface area contributed by atoms with E-state index in [2.05, 4.69) is 0 Å². The van der Waals surface area contributed by atoms with E-state index in [1.807, 2.05) is 0 Å². The molecular weight excluding hydrogens is 259 g/mol. The predicted molar refractivity (Wildman–Crippen MR) is 66.3 cm³/mol. The molecule has 0 aliphatic rings. The Balaban J connectivity index is 3.71. The molecule has 0 aromatic heterocycles. The van der Waals surface area contributed by atoms with Gasteiger partial charge in [0, 0.05) is 5.56 Å². The molecule has 0 N–H and O–H groups in total. The average Bonchev–Trinajstić information content (AvgIpc) is 2.25. The third-order valence-electron chi connectivity index (χ3n) is 2.94. The van der Waals surface area contributed by atoms with Crippen LogP contribution in [-0.4, -0.2) is 4.92 Å². The average molecular weight is 275 g/mol. The van der Waals surface area contributed by atoms with Crippen molar-refractivity contribution in [1.82, 2.24) is 0 Å². The standard InChI is InChI=1S/C13H16F3NO2/c1-7(2)9-5-10(8(3)4)12(17(18)19)11(6-9)13(14,15)16/h5-8H,1-4H3. The Morgan fingerprint density at radius 2 is 1.63 bits per heavy atom. The minimum absolute atomic E-state index is 0.126. The third kappa shape index (κ3) is 3.24. The van der Waals surface area contributed by atoms with Crippen molar-refractivity contribution in [2.45, 2.75) is 45.7 Å². The van der Waals surface area contributed by atoms with Gasteiger partial charge in [0.05, 0.1) is 4.92 Å². The SMILES string of the molecule is CC(C)c1cc(C(C)C)c([N+](=O)[O-])c(C(F)(F)F)c1. The molecule has 0 fully saturated rings. The highest BCUT2D eigenvalue weighted by molar-refractivity contribution is 5.53. The van der Waals surface area contributed by atoms with Crippen molar-refractivity contribution in [3.63, 3.8) is 0 Å². The van der Waals surface area contributed by atoms with E-state index in [0.717, 1.165) is 6.07 Å². The first-order valence-corrected chi connectivity index (χ1v) is 5.95. The number of nitro benzene ring substituents is 1. The van der Waals surface area contributed by atoms with Gasteiger partial charge in [0.1, 0.15) is 5.56 Å². The van der Waals surface area contributed by atoms with Gasteiger partial charge in [-0.2, -0.15) is 13.2 Å². The molecule has 0 atom stereocenters. The maximum Gasteiger partial charge on any atom is 0.423 e. The number of nitrogens with zero attached hydrogens (tertiary/aromatic N) is 1. The molecule has 0 radical (unpaired) electrons. The van der Waals surface area contributed by atoms with Gasteiger partial charge in [0.2, 0.25) is 0 Å². The molecule has 0 spiro atoms. The third-order valence-corrected chi connectivity index (χ3v) is 2.94. The molecule has 0 unspecified atom stereocenters. The zero-order valence-electron chi connectivity index (χ0n) is 11.2. The van der Waals surface area contributed by atoms with Gasteiger partial charge in [-0.05, 0) is 29.5 Å².